The molecule has 0 amide bonds. The van der Waals surface area contributed by atoms with Crippen LogP contribution in [0, 0.1) is 10.8 Å². The topological polar surface area (TPSA) is 47.2 Å². The second-order valence-electron chi connectivity index (χ2n) is 11.3. The van der Waals surface area contributed by atoms with Gasteiger partial charge in [-0.15, -0.1) is 0 Å². The highest BCUT2D eigenvalue weighted by atomic mass is 16.5. The van der Waals surface area contributed by atoms with Crippen LogP contribution >= 0.6 is 0 Å². The van der Waals surface area contributed by atoms with Crippen molar-refractivity contribution < 1.29 is 18.9 Å². The van der Waals surface area contributed by atoms with E-state index in [1.165, 1.54) is 0 Å². The second kappa shape index (κ2) is 7.90. The van der Waals surface area contributed by atoms with Crippen molar-refractivity contribution in [1.29, 1.82) is 0 Å². The number of aromatic nitrogens is 1. The first-order valence-electron chi connectivity index (χ1n) is 12.0. The van der Waals surface area contributed by atoms with Crippen LogP contribution in [0.5, 0.6) is 5.75 Å². The minimum Gasteiger partial charge on any atom is -0.496 e. The lowest BCUT2D eigenvalue weighted by Crippen LogP contribution is -2.50. The molecule has 2 aliphatic carbocycles. The van der Waals surface area contributed by atoms with Crippen molar-refractivity contribution >= 4 is 11.6 Å². The quantitative estimate of drug-likeness (QED) is 0.460. The predicted octanol–water partition coefficient (Wildman–Crippen LogP) is 5.95. The average molecular weight is 455 g/mol. The van der Waals surface area contributed by atoms with Gasteiger partial charge >= 0.3 is 0 Å². The van der Waals surface area contributed by atoms with E-state index in [1.54, 1.807) is 7.11 Å². The van der Waals surface area contributed by atoms with Gasteiger partial charge in [0.2, 0.25) is 5.69 Å². The van der Waals surface area contributed by atoms with E-state index in [9.17, 15) is 9.59 Å². The number of benzene rings is 2. The lowest BCUT2D eigenvalue weighted by molar-refractivity contribution is -0.615. The molecule has 0 N–H and O–H groups in total. The van der Waals surface area contributed by atoms with Crippen molar-refractivity contribution in [2.45, 2.75) is 53.4 Å². The third-order valence-electron chi connectivity index (χ3n) is 7.14. The van der Waals surface area contributed by atoms with Crippen LogP contribution in [0.1, 0.15) is 72.6 Å². The first-order valence-corrected chi connectivity index (χ1v) is 12.0. The number of pyridine rings is 1. The molecule has 0 bridgehead atoms. The molecule has 0 radical (unpaired) electrons. The number of Topliss-reactive ketones (excluding diaryl/α,β-unsaturated/α-hetero) is 2. The fourth-order valence-electron chi connectivity index (χ4n) is 5.82. The summed E-state index contributed by atoms with van der Waals surface area (Å²) >= 11 is 0. The van der Waals surface area contributed by atoms with Crippen molar-refractivity contribution in [2.24, 2.45) is 10.8 Å². The maximum absolute atomic E-state index is 13.8. The third kappa shape index (κ3) is 3.66. The van der Waals surface area contributed by atoms with Crippen LogP contribution in [0.3, 0.4) is 0 Å². The zero-order valence-electron chi connectivity index (χ0n) is 20.7. The maximum Gasteiger partial charge on any atom is 0.211 e. The number of carbonyl (C=O) groups is 2. The van der Waals surface area contributed by atoms with Gasteiger partial charge in [-0.05, 0) is 16.9 Å². The van der Waals surface area contributed by atoms with Gasteiger partial charge in [-0.1, -0.05) is 64.1 Å². The highest BCUT2D eigenvalue weighted by Crippen LogP contribution is 2.46. The van der Waals surface area contributed by atoms with E-state index in [-0.39, 0.29) is 22.4 Å². The summed E-state index contributed by atoms with van der Waals surface area (Å²) in [5, 5.41) is 0. The number of para-hydroxylation sites is 2. The van der Waals surface area contributed by atoms with E-state index in [0.717, 1.165) is 41.0 Å². The Labute approximate surface area is 201 Å². The first-order chi connectivity index (χ1) is 16.1. The number of methoxy groups -OCH3 is 1. The molecular weight excluding hydrogens is 422 g/mol. The molecule has 2 aliphatic rings. The lowest BCUT2D eigenvalue weighted by atomic mass is 9.69. The zero-order valence-corrected chi connectivity index (χ0v) is 20.7. The van der Waals surface area contributed by atoms with Crippen LogP contribution in [0.25, 0.3) is 16.8 Å². The molecule has 0 spiro atoms. The van der Waals surface area contributed by atoms with Crippen LogP contribution < -0.4 is 9.30 Å². The fraction of sp³-hybridized carbons (Fsp3) is 0.367. The van der Waals surface area contributed by atoms with Gasteiger partial charge in [0.1, 0.15) is 5.75 Å². The van der Waals surface area contributed by atoms with Crippen LogP contribution in [-0.4, -0.2) is 18.7 Å². The molecule has 2 aromatic carbocycles. The van der Waals surface area contributed by atoms with Crippen LogP contribution in [0.4, 0.5) is 0 Å². The van der Waals surface area contributed by atoms with E-state index >= 15 is 0 Å². The van der Waals surface area contributed by atoms with E-state index in [1.807, 2.05) is 42.5 Å². The molecule has 3 aromatic rings. The summed E-state index contributed by atoms with van der Waals surface area (Å²) in [6.07, 6.45) is 2.42. The molecule has 4 heteroatoms. The monoisotopic (exact) mass is 454 g/mol. The van der Waals surface area contributed by atoms with Gasteiger partial charge in [0.25, 0.3) is 0 Å². The van der Waals surface area contributed by atoms with Crippen molar-refractivity contribution in [2.75, 3.05) is 7.11 Å². The molecule has 0 atom stereocenters. The van der Waals surface area contributed by atoms with E-state index in [0.29, 0.717) is 29.7 Å². The van der Waals surface area contributed by atoms with E-state index in [2.05, 4.69) is 44.4 Å². The number of ketones is 2. The number of hydrogen-bond acceptors (Lipinski definition) is 3. The number of ether oxygens (including phenoxy) is 1. The summed E-state index contributed by atoms with van der Waals surface area (Å²) in [6, 6.07) is 17.9. The molecule has 0 unspecified atom stereocenters. The SMILES string of the molecule is COc1ccccc1-c1c2c([n+](-c3ccccc3)c3c1C(=O)CC(C)(C)C3)CC(C)(C)CC2=O. The maximum atomic E-state index is 13.8. The number of fused-ring (bicyclic) bond motifs is 2. The van der Waals surface area contributed by atoms with Gasteiger partial charge in [-0.2, -0.15) is 4.57 Å². The number of carbonyl (C=O) groups excluding carboxylic acids is 2. The second-order valence-corrected chi connectivity index (χ2v) is 11.3. The van der Waals surface area contributed by atoms with Gasteiger partial charge in [0.05, 0.1) is 18.2 Å². The summed E-state index contributed by atoms with van der Waals surface area (Å²) in [5.41, 5.74) is 5.60. The molecule has 5 rings (SSSR count). The summed E-state index contributed by atoms with van der Waals surface area (Å²) in [4.78, 5) is 27.7. The van der Waals surface area contributed by atoms with Gasteiger partial charge in [0.15, 0.2) is 23.0 Å². The third-order valence-corrected chi connectivity index (χ3v) is 7.14. The van der Waals surface area contributed by atoms with Gasteiger partial charge in [0, 0.05) is 48.9 Å². The highest BCUT2D eigenvalue weighted by Gasteiger charge is 2.47. The molecule has 34 heavy (non-hydrogen) atoms. The van der Waals surface area contributed by atoms with Crippen molar-refractivity contribution in [3.63, 3.8) is 0 Å². The van der Waals surface area contributed by atoms with Gasteiger partial charge in [-0.25, -0.2) is 0 Å². The fourth-order valence-corrected chi connectivity index (χ4v) is 5.82. The molecule has 1 aromatic heterocycles. The zero-order chi connectivity index (χ0) is 24.3. The molecule has 174 valence electrons. The minimum atomic E-state index is -0.166. The van der Waals surface area contributed by atoms with Crippen molar-refractivity contribution in [1.82, 2.24) is 0 Å². The highest BCUT2D eigenvalue weighted by molar-refractivity contribution is 6.12. The average Bonchev–Trinajstić information content (AvgIpc) is 2.76. The predicted molar refractivity (Wildman–Crippen MR) is 133 cm³/mol. The van der Waals surface area contributed by atoms with Crippen molar-refractivity contribution in [3.05, 3.63) is 77.1 Å². The van der Waals surface area contributed by atoms with Crippen LogP contribution in [-0.2, 0) is 12.8 Å². The smallest absolute Gasteiger partial charge is 0.211 e. The van der Waals surface area contributed by atoms with E-state index < -0.39 is 0 Å². The standard InChI is InChI=1S/C30H32NO3/c1-29(2)15-21-27(23(32)17-29)26(20-13-9-10-14-25(20)34-5)28-22(16-30(3,4)18-24(28)33)31(21)19-11-7-6-8-12-19/h6-14H,15-18H2,1-5H3/q+1. The Balaban J connectivity index is 1.99. The Morgan fingerprint density at radius 3 is 1.71 bits per heavy atom. The molecule has 0 saturated carbocycles. The molecule has 0 aliphatic heterocycles. The lowest BCUT2D eigenvalue weighted by Gasteiger charge is -2.35. The number of nitrogens with zero attached hydrogens (tertiary/aromatic N) is 1. The summed E-state index contributed by atoms with van der Waals surface area (Å²) < 4.78 is 7.94. The summed E-state index contributed by atoms with van der Waals surface area (Å²) in [7, 11) is 1.64. The van der Waals surface area contributed by atoms with Gasteiger partial charge in [-0.3, -0.25) is 9.59 Å². The number of hydrogen-bond donors (Lipinski definition) is 0. The molecule has 1 heterocycles. The Morgan fingerprint density at radius 1 is 0.676 bits per heavy atom. The molecule has 0 saturated heterocycles. The van der Waals surface area contributed by atoms with Crippen molar-refractivity contribution in [3.8, 4) is 22.6 Å². The molecule has 0 fully saturated rings. The molecular formula is C30H32NO3+. The van der Waals surface area contributed by atoms with Crippen LogP contribution in [0.15, 0.2) is 54.6 Å². The van der Waals surface area contributed by atoms with Crippen LogP contribution in [0.2, 0.25) is 0 Å². The number of rotatable bonds is 3. The summed E-state index contributed by atoms with van der Waals surface area (Å²) in [6.45, 7) is 8.61. The van der Waals surface area contributed by atoms with E-state index in [4.69, 9.17) is 4.74 Å². The summed E-state index contributed by atoms with van der Waals surface area (Å²) in [5.74, 6) is 0.870. The normalized spacial score (nSPS) is 18.3. The largest absolute Gasteiger partial charge is 0.496 e. The Morgan fingerprint density at radius 2 is 1.18 bits per heavy atom. The molecule has 4 nitrogen and oxygen atoms in total. The minimum absolute atomic E-state index is 0.0947. The first kappa shape index (κ1) is 22.5. The Kier molecular flexibility index (Phi) is 5.23. The Bertz CT molecular complexity index is 1260. The Hall–Kier alpha value is -3.27. The van der Waals surface area contributed by atoms with Gasteiger partial charge < -0.3 is 4.74 Å².